The molecule has 3 heterocycles. The van der Waals surface area contributed by atoms with Crippen molar-refractivity contribution in [3.63, 3.8) is 0 Å². The summed E-state index contributed by atoms with van der Waals surface area (Å²) in [7, 11) is -8.74. The van der Waals surface area contributed by atoms with Gasteiger partial charge in [0, 0.05) is 6.42 Å². The first-order chi connectivity index (χ1) is 17.4. The highest BCUT2D eigenvalue weighted by molar-refractivity contribution is 7.61. The van der Waals surface area contributed by atoms with Crippen molar-refractivity contribution in [3.8, 4) is 0 Å². The van der Waals surface area contributed by atoms with Crippen molar-refractivity contribution in [2.24, 2.45) is 0 Å². The topological polar surface area (TPSA) is 251 Å². The van der Waals surface area contributed by atoms with Gasteiger partial charge in [-0.1, -0.05) is 12.8 Å². The molecule has 7 N–H and O–H groups in total. The van der Waals surface area contributed by atoms with Gasteiger partial charge >= 0.3 is 21.6 Å². The Labute approximate surface area is 211 Å². The Kier molecular flexibility index (Phi) is 10.1. The number of carbonyl (C=O) groups is 1. The van der Waals surface area contributed by atoms with Crippen LogP contribution in [0.25, 0.3) is 11.2 Å². The van der Waals surface area contributed by atoms with Crippen molar-refractivity contribution in [2.75, 3.05) is 25.9 Å². The average molecular weight is 568 g/mol. The first-order valence-corrected chi connectivity index (χ1v) is 14.3. The molecule has 0 aromatic carbocycles. The van der Waals surface area contributed by atoms with Crippen molar-refractivity contribution in [2.45, 2.75) is 56.6 Å². The van der Waals surface area contributed by atoms with Crippen molar-refractivity contribution >= 4 is 38.6 Å². The number of nitrogens with zero attached hydrogens (tertiary/aromatic N) is 4. The molecule has 3 unspecified atom stereocenters. The Bertz CT molecular complexity index is 1170. The average Bonchev–Trinajstić information content (AvgIpc) is 3.36. The third-order valence-corrected chi connectivity index (χ3v) is 7.94. The SMILES string of the molecule is CNCCCCCCC(=O)OP(=O)(O)OP(=O)(O)OC[C@H]1O[C@@H](n2cnc3c(N)ncnc32)[C@@H](O)C1O. The largest absolute Gasteiger partial charge is 0.538 e. The number of aliphatic hydroxyl groups excluding tert-OH is 2. The van der Waals surface area contributed by atoms with Crippen LogP contribution in [-0.4, -0.2) is 84.0 Å². The number of phosphoric acid groups is 2. The Hall–Kier alpha value is -2.04. The monoisotopic (exact) mass is 568 g/mol. The van der Waals surface area contributed by atoms with Crippen LogP contribution in [0.4, 0.5) is 5.82 Å². The molecule has 1 aliphatic heterocycles. The number of aliphatic hydroxyl groups is 2. The highest BCUT2D eigenvalue weighted by Gasteiger charge is 2.46. The van der Waals surface area contributed by atoms with E-state index in [0.29, 0.717) is 12.8 Å². The molecule has 1 saturated heterocycles. The summed E-state index contributed by atoms with van der Waals surface area (Å²) in [5.41, 5.74) is 6.15. The Morgan fingerprint density at radius 1 is 1.14 bits per heavy atom. The number of anilines is 1. The quantitative estimate of drug-likeness (QED) is 0.129. The zero-order chi connectivity index (χ0) is 27.2. The van der Waals surface area contributed by atoms with E-state index in [0.717, 1.165) is 19.4 Å². The number of nitrogens with one attached hydrogen (secondary N) is 1. The van der Waals surface area contributed by atoms with E-state index in [9.17, 15) is 33.9 Å². The molecule has 2 aromatic heterocycles. The third-order valence-electron chi connectivity index (χ3n) is 5.38. The lowest BCUT2D eigenvalue weighted by Gasteiger charge is -2.19. The summed E-state index contributed by atoms with van der Waals surface area (Å²) >= 11 is 0. The van der Waals surface area contributed by atoms with Crippen LogP contribution in [-0.2, 0) is 32.0 Å². The molecule has 0 aliphatic carbocycles. The summed E-state index contributed by atoms with van der Waals surface area (Å²) in [6, 6.07) is 0. The van der Waals surface area contributed by atoms with E-state index in [2.05, 4.69) is 33.6 Å². The van der Waals surface area contributed by atoms with E-state index in [1.807, 2.05) is 7.05 Å². The van der Waals surface area contributed by atoms with E-state index in [1.165, 1.54) is 17.2 Å². The molecule has 3 rings (SSSR count). The molecule has 37 heavy (non-hydrogen) atoms. The third kappa shape index (κ3) is 7.97. The van der Waals surface area contributed by atoms with E-state index >= 15 is 0 Å². The Balaban J connectivity index is 1.51. The van der Waals surface area contributed by atoms with Gasteiger partial charge in [0.2, 0.25) is 0 Å². The van der Waals surface area contributed by atoms with Gasteiger partial charge < -0.3 is 35.4 Å². The normalized spacial score (nSPS) is 25.1. The predicted molar refractivity (Wildman–Crippen MR) is 125 cm³/mol. The summed E-state index contributed by atoms with van der Waals surface area (Å²) < 4.78 is 44.1. The maximum atomic E-state index is 12.2. The zero-order valence-corrected chi connectivity index (χ0v) is 21.6. The molecule has 2 aromatic rings. The van der Waals surface area contributed by atoms with Gasteiger partial charge in [-0.05, 0) is 26.4 Å². The van der Waals surface area contributed by atoms with Crippen LogP contribution in [0.15, 0.2) is 12.7 Å². The summed E-state index contributed by atoms with van der Waals surface area (Å²) in [6.07, 6.45) is -0.710. The van der Waals surface area contributed by atoms with Gasteiger partial charge in [0.05, 0.1) is 12.9 Å². The Morgan fingerprint density at radius 2 is 1.86 bits per heavy atom. The fraction of sp³-hybridized carbons (Fsp3) is 0.667. The van der Waals surface area contributed by atoms with Crippen LogP contribution >= 0.6 is 15.6 Å². The lowest BCUT2D eigenvalue weighted by Crippen LogP contribution is -2.33. The van der Waals surface area contributed by atoms with Crippen molar-refractivity contribution in [1.82, 2.24) is 24.8 Å². The molecule has 0 radical (unpaired) electrons. The molecule has 208 valence electrons. The van der Waals surface area contributed by atoms with Crippen molar-refractivity contribution in [3.05, 3.63) is 12.7 Å². The van der Waals surface area contributed by atoms with Crippen LogP contribution in [0.2, 0.25) is 0 Å². The van der Waals surface area contributed by atoms with E-state index in [1.54, 1.807) is 0 Å². The number of fused-ring (bicyclic) bond motifs is 1. The number of hydrogen-bond acceptors (Lipinski definition) is 14. The summed E-state index contributed by atoms with van der Waals surface area (Å²) in [4.78, 5) is 43.1. The van der Waals surface area contributed by atoms with Gasteiger partial charge in [-0.3, -0.25) is 18.8 Å². The summed E-state index contributed by atoms with van der Waals surface area (Å²) in [5, 5.41) is 23.7. The van der Waals surface area contributed by atoms with Crippen LogP contribution < -0.4 is 11.1 Å². The second kappa shape index (κ2) is 12.7. The molecule has 6 atom stereocenters. The lowest BCUT2D eigenvalue weighted by atomic mass is 10.1. The molecule has 19 heteroatoms. The Morgan fingerprint density at radius 3 is 2.59 bits per heavy atom. The fourth-order valence-corrected chi connectivity index (χ4v) is 5.64. The number of unbranched alkanes of at least 4 members (excludes halogenated alkanes) is 3. The maximum Gasteiger partial charge on any atom is 0.538 e. The number of rotatable bonds is 14. The van der Waals surface area contributed by atoms with E-state index in [-0.39, 0.29) is 23.4 Å². The van der Waals surface area contributed by atoms with Gasteiger partial charge in [-0.25, -0.2) is 24.1 Å². The lowest BCUT2D eigenvalue weighted by molar-refractivity contribution is -0.135. The molecular formula is C18H30N6O11P2. The number of imidazole rings is 1. The minimum absolute atomic E-state index is 0.0775. The van der Waals surface area contributed by atoms with Crippen LogP contribution in [0, 0.1) is 0 Å². The second-order valence-corrected chi connectivity index (χ2v) is 11.1. The minimum Gasteiger partial charge on any atom is -0.387 e. The molecule has 17 nitrogen and oxygen atoms in total. The first kappa shape index (κ1) is 29.5. The van der Waals surface area contributed by atoms with Gasteiger partial charge in [0.1, 0.15) is 30.2 Å². The maximum absolute atomic E-state index is 12.2. The highest BCUT2D eigenvalue weighted by atomic mass is 31.3. The molecular weight excluding hydrogens is 538 g/mol. The summed E-state index contributed by atoms with van der Waals surface area (Å²) in [6.45, 7) is -0.0181. The number of ether oxygens (including phenoxy) is 1. The molecule has 0 bridgehead atoms. The highest BCUT2D eigenvalue weighted by Crippen LogP contribution is 2.60. The molecule has 1 fully saturated rings. The summed E-state index contributed by atoms with van der Waals surface area (Å²) in [5.74, 6) is -1.01. The van der Waals surface area contributed by atoms with Crippen molar-refractivity contribution < 1.29 is 52.0 Å². The number of nitrogens with two attached hydrogens (primary N) is 1. The van der Waals surface area contributed by atoms with Crippen LogP contribution in [0.3, 0.4) is 0 Å². The number of carbonyl (C=O) groups excluding carboxylic acids is 1. The van der Waals surface area contributed by atoms with E-state index < -0.39 is 52.8 Å². The van der Waals surface area contributed by atoms with Crippen LogP contribution in [0.1, 0.15) is 38.3 Å². The molecule has 1 aliphatic rings. The van der Waals surface area contributed by atoms with E-state index in [4.69, 9.17) is 10.5 Å². The van der Waals surface area contributed by atoms with Gasteiger partial charge in [-0.15, -0.1) is 0 Å². The standard InChI is InChI=1S/C18H30N6O11P2/c1-20-7-5-3-2-4-6-12(25)34-37(30,31)35-36(28,29)32-8-11-14(26)15(27)18(33-11)24-10-23-13-16(19)21-9-22-17(13)24/h9-11,14-15,18,20,26-27H,2-8H2,1H3,(H,28,29)(H,30,31)(H2,19,21,22)/t11-,14?,15+,18-/m1/s1. The van der Waals surface area contributed by atoms with Gasteiger partial charge in [0.15, 0.2) is 17.7 Å². The molecule has 0 spiro atoms. The fourth-order valence-electron chi connectivity index (χ4n) is 3.59. The molecule has 0 amide bonds. The van der Waals surface area contributed by atoms with Crippen LogP contribution in [0.5, 0.6) is 0 Å². The number of aromatic nitrogens is 4. The molecule has 0 saturated carbocycles. The zero-order valence-electron chi connectivity index (χ0n) is 19.8. The van der Waals surface area contributed by atoms with Crippen molar-refractivity contribution in [1.29, 1.82) is 0 Å². The smallest absolute Gasteiger partial charge is 0.387 e. The number of phosphoric ester groups is 2. The minimum atomic E-state index is -5.30. The first-order valence-electron chi connectivity index (χ1n) is 11.3. The van der Waals surface area contributed by atoms with Gasteiger partial charge in [0.25, 0.3) is 0 Å². The number of nitrogen functional groups attached to an aromatic ring is 1. The van der Waals surface area contributed by atoms with Gasteiger partial charge in [-0.2, -0.15) is 4.31 Å². The predicted octanol–water partition coefficient (Wildman–Crippen LogP) is -0.0252. The second-order valence-electron chi connectivity index (χ2n) is 8.17. The number of hydrogen-bond donors (Lipinski definition) is 6.